The molecule has 1 aromatic carbocycles. The predicted molar refractivity (Wildman–Crippen MR) is 80.4 cm³/mol. The van der Waals surface area contributed by atoms with E-state index < -0.39 is 0 Å². The van der Waals surface area contributed by atoms with Crippen molar-refractivity contribution in [3.8, 4) is 5.75 Å². The fraction of sp³-hybridized carbons (Fsp3) is 0.400. The maximum atomic E-state index is 11.7. The molecular formula is C15H21N3O2. The molecule has 0 atom stereocenters. The number of carbonyl (C=O) groups is 1. The van der Waals surface area contributed by atoms with Crippen molar-refractivity contribution in [1.29, 1.82) is 0 Å². The highest BCUT2D eigenvalue weighted by molar-refractivity contribution is 5.87. The number of hydrogen-bond acceptors (Lipinski definition) is 4. The molecule has 0 spiro atoms. The van der Waals surface area contributed by atoms with E-state index in [4.69, 9.17) is 10.6 Å². The Morgan fingerprint density at radius 3 is 2.75 bits per heavy atom. The van der Waals surface area contributed by atoms with E-state index in [1.807, 2.05) is 23.1 Å². The van der Waals surface area contributed by atoms with Crippen LogP contribution in [0.4, 0.5) is 5.69 Å². The van der Waals surface area contributed by atoms with E-state index in [2.05, 4.69) is 32.3 Å². The lowest BCUT2D eigenvalue weighted by molar-refractivity contribution is -0.120. The first-order valence-corrected chi connectivity index (χ1v) is 6.54. The summed E-state index contributed by atoms with van der Waals surface area (Å²) in [5, 5.41) is 0. The van der Waals surface area contributed by atoms with E-state index in [1.165, 1.54) is 5.57 Å². The molecule has 5 nitrogen and oxygen atoms in total. The summed E-state index contributed by atoms with van der Waals surface area (Å²) in [6.07, 6.45) is 2.15. The number of rotatable bonds is 3. The number of nitrogens with two attached hydrogens (primary N) is 1. The van der Waals surface area contributed by atoms with Crippen LogP contribution in [-0.2, 0) is 4.79 Å². The summed E-state index contributed by atoms with van der Waals surface area (Å²) in [5.74, 6) is 5.80. The van der Waals surface area contributed by atoms with Crippen LogP contribution < -0.4 is 20.9 Å². The van der Waals surface area contributed by atoms with E-state index in [0.717, 1.165) is 17.0 Å². The van der Waals surface area contributed by atoms with Gasteiger partial charge in [0.2, 0.25) is 0 Å². The highest BCUT2D eigenvalue weighted by atomic mass is 16.5. The SMILES string of the molecule is COc1ccc2c(c1)C(C)=CC(C)(C)N2CC(=O)NN. The van der Waals surface area contributed by atoms with Crippen molar-refractivity contribution in [1.82, 2.24) is 5.43 Å². The van der Waals surface area contributed by atoms with Gasteiger partial charge in [-0.25, -0.2) is 5.84 Å². The van der Waals surface area contributed by atoms with Crippen LogP contribution in [0.25, 0.3) is 5.57 Å². The Morgan fingerprint density at radius 2 is 2.15 bits per heavy atom. The quantitative estimate of drug-likeness (QED) is 0.500. The third kappa shape index (κ3) is 2.49. The van der Waals surface area contributed by atoms with Crippen molar-refractivity contribution >= 4 is 17.2 Å². The zero-order valence-electron chi connectivity index (χ0n) is 12.4. The second-order valence-corrected chi connectivity index (χ2v) is 5.52. The summed E-state index contributed by atoms with van der Waals surface area (Å²) in [6, 6.07) is 5.88. The average Bonchev–Trinajstić information content (AvgIpc) is 2.42. The first-order chi connectivity index (χ1) is 9.39. The van der Waals surface area contributed by atoms with Gasteiger partial charge >= 0.3 is 0 Å². The molecule has 0 aromatic heterocycles. The summed E-state index contributed by atoms with van der Waals surface area (Å²) in [4.78, 5) is 13.7. The molecule has 1 amide bonds. The largest absolute Gasteiger partial charge is 0.497 e. The molecule has 0 aliphatic carbocycles. The molecule has 3 N–H and O–H groups in total. The van der Waals surface area contributed by atoms with Gasteiger partial charge in [0.1, 0.15) is 5.75 Å². The second kappa shape index (κ2) is 5.17. The molecule has 0 unspecified atom stereocenters. The van der Waals surface area contributed by atoms with Crippen molar-refractivity contribution in [2.45, 2.75) is 26.3 Å². The molecule has 0 saturated carbocycles. The van der Waals surface area contributed by atoms with Gasteiger partial charge < -0.3 is 9.64 Å². The predicted octanol–water partition coefficient (Wildman–Crippen LogP) is 1.69. The highest BCUT2D eigenvalue weighted by Gasteiger charge is 2.32. The number of ether oxygens (including phenoxy) is 1. The summed E-state index contributed by atoms with van der Waals surface area (Å²) < 4.78 is 5.27. The topological polar surface area (TPSA) is 67.6 Å². The molecule has 5 heteroatoms. The Hall–Kier alpha value is -2.01. The van der Waals surface area contributed by atoms with Crippen molar-refractivity contribution in [2.24, 2.45) is 5.84 Å². The van der Waals surface area contributed by atoms with Gasteiger partial charge in [0.15, 0.2) is 0 Å². The molecule has 1 aromatic rings. The first-order valence-electron chi connectivity index (χ1n) is 6.54. The van der Waals surface area contributed by atoms with Crippen molar-refractivity contribution < 1.29 is 9.53 Å². The van der Waals surface area contributed by atoms with Gasteiger partial charge in [-0.05, 0) is 44.5 Å². The number of carbonyl (C=O) groups excluding carboxylic acids is 1. The lowest BCUT2D eigenvalue weighted by Gasteiger charge is -2.42. The maximum Gasteiger partial charge on any atom is 0.253 e. The van der Waals surface area contributed by atoms with Crippen LogP contribution in [0.5, 0.6) is 5.75 Å². The number of hydrogen-bond donors (Lipinski definition) is 2. The van der Waals surface area contributed by atoms with Crippen LogP contribution in [0.3, 0.4) is 0 Å². The zero-order chi connectivity index (χ0) is 14.9. The van der Waals surface area contributed by atoms with Crippen LogP contribution >= 0.6 is 0 Å². The average molecular weight is 275 g/mol. The van der Waals surface area contributed by atoms with E-state index in [0.29, 0.717) is 0 Å². The molecule has 1 aliphatic rings. The summed E-state index contributed by atoms with van der Waals surface area (Å²) >= 11 is 0. The third-order valence-corrected chi connectivity index (χ3v) is 3.65. The lowest BCUT2D eigenvalue weighted by atomic mass is 9.88. The monoisotopic (exact) mass is 275 g/mol. The number of nitrogens with zero attached hydrogens (tertiary/aromatic N) is 1. The number of benzene rings is 1. The Balaban J connectivity index is 2.50. The van der Waals surface area contributed by atoms with Gasteiger partial charge in [0.25, 0.3) is 5.91 Å². The van der Waals surface area contributed by atoms with Gasteiger partial charge in [-0.1, -0.05) is 6.08 Å². The Labute approximate surface area is 119 Å². The van der Waals surface area contributed by atoms with E-state index >= 15 is 0 Å². The Bertz CT molecular complexity index is 564. The Kier molecular flexibility index (Phi) is 3.72. The minimum absolute atomic E-state index is 0.215. The highest BCUT2D eigenvalue weighted by Crippen LogP contribution is 2.40. The summed E-state index contributed by atoms with van der Waals surface area (Å²) in [6.45, 7) is 6.44. The zero-order valence-corrected chi connectivity index (χ0v) is 12.4. The molecule has 0 fully saturated rings. The Morgan fingerprint density at radius 1 is 1.45 bits per heavy atom. The molecule has 0 radical (unpaired) electrons. The molecule has 1 heterocycles. The number of fused-ring (bicyclic) bond motifs is 1. The minimum atomic E-state index is -0.252. The smallest absolute Gasteiger partial charge is 0.253 e. The van der Waals surface area contributed by atoms with Gasteiger partial charge in [-0.2, -0.15) is 0 Å². The number of hydrazine groups is 1. The second-order valence-electron chi connectivity index (χ2n) is 5.52. The van der Waals surface area contributed by atoms with Crippen molar-refractivity contribution in [3.63, 3.8) is 0 Å². The van der Waals surface area contributed by atoms with E-state index in [9.17, 15) is 4.79 Å². The lowest BCUT2D eigenvalue weighted by Crippen LogP contribution is -2.51. The molecule has 0 saturated heterocycles. The standard InChI is InChI=1S/C15H21N3O2/c1-10-8-15(2,3)18(9-14(19)17-16)13-6-5-11(20-4)7-12(10)13/h5-8H,9,16H2,1-4H3,(H,17,19). The van der Waals surface area contributed by atoms with Crippen molar-refractivity contribution in [3.05, 3.63) is 29.8 Å². The van der Waals surface area contributed by atoms with Crippen LogP contribution in [-0.4, -0.2) is 25.1 Å². The van der Waals surface area contributed by atoms with Crippen LogP contribution in [0.1, 0.15) is 26.3 Å². The normalized spacial score (nSPS) is 16.2. The molecule has 1 aliphatic heterocycles. The molecule has 2 rings (SSSR count). The first kappa shape index (κ1) is 14.4. The van der Waals surface area contributed by atoms with E-state index in [1.54, 1.807) is 7.11 Å². The van der Waals surface area contributed by atoms with Crippen LogP contribution in [0.15, 0.2) is 24.3 Å². The fourth-order valence-corrected chi connectivity index (χ4v) is 2.67. The van der Waals surface area contributed by atoms with Gasteiger partial charge in [-0.15, -0.1) is 0 Å². The van der Waals surface area contributed by atoms with Gasteiger partial charge in [-0.3, -0.25) is 10.2 Å². The number of allylic oxidation sites excluding steroid dienone is 1. The third-order valence-electron chi connectivity index (χ3n) is 3.65. The molecule has 108 valence electrons. The fourth-order valence-electron chi connectivity index (χ4n) is 2.67. The molecular weight excluding hydrogens is 254 g/mol. The summed E-state index contributed by atoms with van der Waals surface area (Å²) in [7, 11) is 1.65. The summed E-state index contributed by atoms with van der Waals surface area (Å²) in [5.41, 5.74) is 5.20. The number of nitrogens with one attached hydrogen (secondary N) is 1. The van der Waals surface area contributed by atoms with Gasteiger partial charge in [0.05, 0.1) is 19.2 Å². The number of methoxy groups -OCH3 is 1. The number of amides is 1. The van der Waals surface area contributed by atoms with E-state index in [-0.39, 0.29) is 18.0 Å². The van der Waals surface area contributed by atoms with Gasteiger partial charge in [0, 0.05) is 11.3 Å². The molecule has 20 heavy (non-hydrogen) atoms. The number of anilines is 1. The van der Waals surface area contributed by atoms with Crippen LogP contribution in [0.2, 0.25) is 0 Å². The molecule has 0 bridgehead atoms. The van der Waals surface area contributed by atoms with Crippen molar-refractivity contribution in [2.75, 3.05) is 18.6 Å². The minimum Gasteiger partial charge on any atom is -0.497 e. The maximum absolute atomic E-state index is 11.7. The van der Waals surface area contributed by atoms with Crippen LogP contribution in [0, 0.1) is 0 Å².